The fraction of sp³-hybridized carbons (Fsp3) is 0.333. The van der Waals surface area contributed by atoms with Crippen molar-refractivity contribution < 1.29 is 9.47 Å². The van der Waals surface area contributed by atoms with E-state index < -0.39 is 0 Å². The van der Waals surface area contributed by atoms with Crippen molar-refractivity contribution in [2.24, 2.45) is 16.3 Å². The lowest BCUT2D eigenvalue weighted by Crippen LogP contribution is -2.26. The van der Waals surface area contributed by atoms with Gasteiger partial charge in [0.05, 0.1) is 12.2 Å². The largest absolute Gasteiger partial charge is 0.490 e. The second-order valence-corrected chi connectivity index (χ2v) is 12.0. The molecule has 0 radical (unpaired) electrons. The third kappa shape index (κ3) is 5.47. The van der Waals surface area contributed by atoms with Crippen LogP contribution in [-0.2, 0) is 19.4 Å². The van der Waals surface area contributed by atoms with Gasteiger partial charge in [0.1, 0.15) is 17.7 Å². The Kier molecular flexibility index (Phi) is 7.53. The van der Waals surface area contributed by atoms with Gasteiger partial charge in [-0.05, 0) is 83.2 Å². The number of thiophene rings is 1. The summed E-state index contributed by atoms with van der Waals surface area (Å²) in [6, 6.07) is 22.9. The first kappa shape index (κ1) is 26.0. The lowest BCUT2D eigenvalue weighted by molar-refractivity contribution is 0.218. The highest BCUT2D eigenvalue weighted by atomic mass is 32.1. The van der Waals surface area contributed by atoms with E-state index in [-0.39, 0.29) is 5.41 Å². The molecular formula is C33H34N2O2S. The molecular weight excluding hydrogens is 488 g/mol. The molecule has 1 aliphatic rings. The number of aliphatic imine (C=N–C) groups is 1. The zero-order valence-electron chi connectivity index (χ0n) is 22.6. The molecule has 0 bridgehead atoms. The highest BCUT2D eigenvalue weighted by molar-refractivity contribution is 7.16. The van der Waals surface area contributed by atoms with E-state index in [1.165, 1.54) is 21.2 Å². The van der Waals surface area contributed by atoms with E-state index in [0.717, 1.165) is 41.0 Å². The van der Waals surface area contributed by atoms with Crippen LogP contribution >= 0.6 is 11.3 Å². The van der Waals surface area contributed by atoms with Crippen molar-refractivity contribution in [3.63, 3.8) is 0 Å². The number of nitrogens with zero attached hydrogens (tertiary/aromatic N) is 2. The lowest BCUT2D eigenvalue weighted by atomic mass is 9.72. The molecule has 0 aliphatic heterocycles. The van der Waals surface area contributed by atoms with E-state index in [1.54, 1.807) is 11.3 Å². The molecule has 1 heterocycles. The monoisotopic (exact) mass is 522 g/mol. The maximum absolute atomic E-state index is 9.90. The van der Waals surface area contributed by atoms with Crippen molar-refractivity contribution in [2.45, 2.75) is 53.6 Å². The average molecular weight is 523 g/mol. The van der Waals surface area contributed by atoms with Gasteiger partial charge in [-0.1, -0.05) is 63.2 Å². The van der Waals surface area contributed by atoms with Gasteiger partial charge in [-0.25, -0.2) is 4.99 Å². The molecule has 194 valence electrons. The van der Waals surface area contributed by atoms with Gasteiger partial charge >= 0.3 is 0 Å². The molecule has 4 nitrogen and oxygen atoms in total. The van der Waals surface area contributed by atoms with Crippen LogP contribution in [0.4, 0.5) is 5.00 Å². The maximum Gasteiger partial charge on any atom is 0.161 e. The molecule has 38 heavy (non-hydrogen) atoms. The van der Waals surface area contributed by atoms with E-state index in [0.29, 0.717) is 30.6 Å². The number of hydrogen-bond donors (Lipinski definition) is 0. The number of ether oxygens (including phenoxy) is 2. The highest BCUT2D eigenvalue weighted by Crippen LogP contribution is 2.45. The molecule has 0 N–H and O–H groups in total. The molecule has 0 unspecified atom stereocenters. The second-order valence-electron chi connectivity index (χ2n) is 10.9. The molecule has 1 aromatic heterocycles. The molecule has 1 atom stereocenters. The zero-order chi connectivity index (χ0) is 26.7. The van der Waals surface area contributed by atoms with Crippen LogP contribution in [0.5, 0.6) is 11.5 Å². The third-order valence-corrected chi connectivity index (χ3v) is 8.61. The van der Waals surface area contributed by atoms with Crippen LogP contribution in [0.25, 0.3) is 10.8 Å². The van der Waals surface area contributed by atoms with Crippen LogP contribution in [0.1, 0.15) is 61.2 Å². The predicted octanol–water partition coefficient (Wildman–Crippen LogP) is 8.65. The van der Waals surface area contributed by atoms with Crippen molar-refractivity contribution in [1.82, 2.24) is 0 Å². The number of benzene rings is 3. The van der Waals surface area contributed by atoms with Crippen LogP contribution in [-0.4, -0.2) is 12.8 Å². The quantitative estimate of drug-likeness (QED) is 0.228. The number of rotatable bonds is 7. The summed E-state index contributed by atoms with van der Waals surface area (Å²) in [6.07, 6.45) is 4.95. The number of hydrogen-bond acceptors (Lipinski definition) is 5. The molecule has 0 saturated carbocycles. The average Bonchev–Trinajstić information content (AvgIpc) is 3.28. The minimum Gasteiger partial charge on any atom is -0.490 e. The Labute approximate surface area is 229 Å². The van der Waals surface area contributed by atoms with Crippen molar-refractivity contribution in [3.8, 4) is 17.6 Å². The minimum absolute atomic E-state index is 0.269. The molecule has 0 fully saturated rings. The lowest BCUT2D eigenvalue weighted by Gasteiger charge is -2.33. The Hall–Kier alpha value is -3.62. The van der Waals surface area contributed by atoms with Crippen LogP contribution in [0.3, 0.4) is 0 Å². The molecule has 5 rings (SSSR count). The van der Waals surface area contributed by atoms with Gasteiger partial charge in [0.25, 0.3) is 0 Å². The van der Waals surface area contributed by atoms with Crippen LogP contribution in [0, 0.1) is 22.7 Å². The Morgan fingerprint density at radius 2 is 1.87 bits per heavy atom. The van der Waals surface area contributed by atoms with Gasteiger partial charge in [-0.3, -0.25) is 0 Å². The van der Waals surface area contributed by atoms with Gasteiger partial charge < -0.3 is 9.47 Å². The van der Waals surface area contributed by atoms with Gasteiger partial charge in [0.15, 0.2) is 11.5 Å². The first-order valence-corrected chi connectivity index (χ1v) is 14.1. The van der Waals surface area contributed by atoms with Gasteiger partial charge in [-0.15, -0.1) is 11.3 Å². The SMILES string of the molecule is CCOc1cc(C=Nc2sc3c(c2C#N)CC[C@@H](C(C)(C)C)C3)ccc1OCc1cccc2ccccc12. The normalized spacial score (nSPS) is 15.4. The van der Waals surface area contributed by atoms with Crippen LogP contribution in [0.2, 0.25) is 0 Å². The summed E-state index contributed by atoms with van der Waals surface area (Å²) in [4.78, 5) is 6.10. The number of fused-ring (bicyclic) bond motifs is 2. The summed E-state index contributed by atoms with van der Waals surface area (Å²) in [6.45, 7) is 9.90. The summed E-state index contributed by atoms with van der Waals surface area (Å²) in [5.41, 5.74) is 4.26. The Morgan fingerprint density at radius 3 is 2.66 bits per heavy atom. The molecule has 4 aromatic rings. The Balaban J connectivity index is 1.36. The molecule has 3 aromatic carbocycles. The van der Waals surface area contributed by atoms with Crippen molar-refractivity contribution >= 4 is 33.3 Å². The third-order valence-electron chi connectivity index (χ3n) is 7.44. The Morgan fingerprint density at radius 1 is 1.05 bits per heavy atom. The summed E-state index contributed by atoms with van der Waals surface area (Å²) in [5.74, 6) is 2.03. The first-order chi connectivity index (χ1) is 18.4. The second kappa shape index (κ2) is 11.0. The smallest absolute Gasteiger partial charge is 0.161 e. The summed E-state index contributed by atoms with van der Waals surface area (Å²) >= 11 is 1.67. The van der Waals surface area contributed by atoms with Gasteiger partial charge in [0, 0.05) is 11.1 Å². The summed E-state index contributed by atoms with van der Waals surface area (Å²) in [7, 11) is 0. The van der Waals surface area contributed by atoms with Crippen molar-refractivity contribution in [3.05, 3.63) is 87.8 Å². The van der Waals surface area contributed by atoms with Gasteiger partial charge in [-0.2, -0.15) is 5.26 Å². The molecule has 0 spiro atoms. The highest BCUT2D eigenvalue weighted by Gasteiger charge is 2.32. The maximum atomic E-state index is 9.90. The number of nitriles is 1. The first-order valence-electron chi connectivity index (χ1n) is 13.3. The van der Waals surface area contributed by atoms with Crippen LogP contribution < -0.4 is 9.47 Å². The molecule has 5 heteroatoms. The standard InChI is InChI=1S/C33H34N2O2S/c1-5-36-30-17-22(13-16-29(30)37-21-24-11-8-10-23-9-6-7-12-26(23)24)20-35-32-28(19-34)27-15-14-25(33(2,3)4)18-31(27)38-32/h6-13,16-17,20,25H,5,14-15,18,21H2,1-4H3/t25-/m1/s1. The molecule has 0 saturated heterocycles. The van der Waals surface area contributed by atoms with Crippen molar-refractivity contribution in [2.75, 3.05) is 6.61 Å². The van der Waals surface area contributed by atoms with Crippen molar-refractivity contribution in [1.29, 1.82) is 5.26 Å². The zero-order valence-corrected chi connectivity index (χ0v) is 23.4. The summed E-state index contributed by atoms with van der Waals surface area (Å²) in [5, 5.41) is 13.1. The van der Waals surface area contributed by atoms with E-state index in [9.17, 15) is 5.26 Å². The Bertz CT molecular complexity index is 1520. The van der Waals surface area contributed by atoms with Crippen LogP contribution in [0.15, 0.2) is 65.7 Å². The van der Waals surface area contributed by atoms with E-state index in [1.807, 2.05) is 37.4 Å². The van der Waals surface area contributed by atoms with E-state index >= 15 is 0 Å². The fourth-order valence-corrected chi connectivity index (χ4v) is 6.44. The van der Waals surface area contributed by atoms with E-state index in [4.69, 9.17) is 14.5 Å². The van der Waals surface area contributed by atoms with E-state index in [2.05, 4.69) is 63.2 Å². The summed E-state index contributed by atoms with van der Waals surface area (Å²) < 4.78 is 12.1. The predicted molar refractivity (Wildman–Crippen MR) is 157 cm³/mol. The molecule has 1 aliphatic carbocycles. The molecule has 0 amide bonds. The fourth-order valence-electron chi connectivity index (χ4n) is 5.22. The topological polar surface area (TPSA) is 54.6 Å². The van der Waals surface area contributed by atoms with Gasteiger partial charge in [0.2, 0.25) is 0 Å². The minimum atomic E-state index is 0.269.